The molecule has 0 bridgehead atoms. The van der Waals surface area contributed by atoms with Crippen molar-refractivity contribution < 1.29 is 18.7 Å². The lowest BCUT2D eigenvalue weighted by atomic mass is 10.1. The molecule has 0 saturated carbocycles. The highest BCUT2D eigenvalue weighted by Crippen LogP contribution is 2.29. The molecular formula is C20H18O5. The molecule has 0 aliphatic rings. The van der Waals surface area contributed by atoms with Gasteiger partial charge >= 0.3 is 5.63 Å². The second kappa shape index (κ2) is 6.81. The molecule has 128 valence electrons. The first-order valence-corrected chi connectivity index (χ1v) is 7.83. The van der Waals surface area contributed by atoms with E-state index in [1.165, 1.54) is 20.1 Å². The SMILES string of the molecule is COc1cc(C(C)=O)ccc1OCc1cc(=O)oc2cc(C)ccc12. The number of benzene rings is 2. The zero-order chi connectivity index (χ0) is 18.0. The Hall–Kier alpha value is -3.08. The van der Waals surface area contributed by atoms with Gasteiger partial charge in [-0.15, -0.1) is 0 Å². The van der Waals surface area contributed by atoms with Crippen LogP contribution >= 0.6 is 0 Å². The van der Waals surface area contributed by atoms with Crippen molar-refractivity contribution in [2.75, 3.05) is 7.11 Å². The van der Waals surface area contributed by atoms with Crippen LogP contribution in [0.5, 0.6) is 11.5 Å². The van der Waals surface area contributed by atoms with E-state index in [9.17, 15) is 9.59 Å². The lowest BCUT2D eigenvalue weighted by Crippen LogP contribution is -2.05. The molecule has 0 atom stereocenters. The molecule has 1 heterocycles. The van der Waals surface area contributed by atoms with Gasteiger partial charge in [-0.25, -0.2) is 4.79 Å². The highest BCUT2D eigenvalue weighted by atomic mass is 16.5. The Bertz CT molecular complexity index is 1000. The second-order valence-corrected chi connectivity index (χ2v) is 5.80. The maximum atomic E-state index is 11.8. The van der Waals surface area contributed by atoms with E-state index in [4.69, 9.17) is 13.9 Å². The number of ether oxygens (including phenoxy) is 2. The van der Waals surface area contributed by atoms with Gasteiger partial charge in [0.2, 0.25) is 0 Å². The van der Waals surface area contributed by atoms with Crippen LogP contribution < -0.4 is 15.1 Å². The molecule has 0 spiro atoms. The number of carbonyl (C=O) groups excluding carboxylic acids is 1. The Morgan fingerprint density at radius 1 is 1.08 bits per heavy atom. The van der Waals surface area contributed by atoms with E-state index in [0.717, 1.165) is 16.5 Å². The predicted molar refractivity (Wildman–Crippen MR) is 94.6 cm³/mol. The smallest absolute Gasteiger partial charge is 0.336 e. The first kappa shape index (κ1) is 16.8. The number of methoxy groups -OCH3 is 1. The number of aryl methyl sites for hydroxylation is 1. The minimum absolute atomic E-state index is 0.0492. The third kappa shape index (κ3) is 3.55. The monoisotopic (exact) mass is 338 g/mol. The molecule has 0 amide bonds. The van der Waals surface area contributed by atoms with E-state index in [-0.39, 0.29) is 12.4 Å². The fraction of sp³-hybridized carbons (Fsp3) is 0.200. The van der Waals surface area contributed by atoms with Crippen molar-refractivity contribution in [2.45, 2.75) is 20.5 Å². The summed E-state index contributed by atoms with van der Waals surface area (Å²) >= 11 is 0. The van der Waals surface area contributed by atoms with Crippen molar-refractivity contribution >= 4 is 16.8 Å². The van der Waals surface area contributed by atoms with Crippen LogP contribution in [0.2, 0.25) is 0 Å². The van der Waals surface area contributed by atoms with Crippen molar-refractivity contribution in [1.82, 2.24) is 0 Å². The number of fused-ring (bicyclic) bond motifs is 1. The Morgan fingerprint density at radius 2 is 1.88 bits per heavy atom. The summed E-state index contributed by atoms with van der Waals surface area (Å²) in [6, 6.07) is 12.1. The van der Waals surface area contributed by atoms with Gasteiger partial charge in [0.1, 0.15) is 12.2 Å². The molecule has 0 aliphatic carbocycles. The lowest BCUT2D eigenvalue weighted by molar-refractivity contribution is 0.101. The summed E-state index contributed by atoms with van der Waals surface area (Å²) in [5.41, 5.74) is 2.39. The van der Waals surface area contributed by atoms with Gasteiger partial charge in [0, 0.05) is 22.6 Å². The molecule has 0 aliphatic heterocycles. The standard InChI is InChI=1S/C20H18O5/c1-12-4-6-16-15(10-20(22)25-18(16)8-12)11-24-17-7-5-14(13(2)21)9-19(17)23-3/h4-10H,11H2,1-3H3. The number of rotatable bonds is 5. The zero-order valence-corrected chi connectivity index (χ0v) is 14.3. The minimum atomic E-state index is -0.421. The van der Waals surface area contributed by atoms with Gasteiger partial charge in [0.05, 0.1) is 7.11 Å². The molecule has 0 saturated heterocycles. The molecule has 3 rings (SSSR count). The van der Waals surface area contributed by atoms with Gasteiger partial charge < -0.3 is 13.9 Å². The molecule has 0 radical (unpaired) electrons. The fourth-order valence-electron chi connectivity index (χ4n) is 2.62. The van der Waals surface area contributed by atoms with E-state index in [1.807, 2.05) is 25.1 Å². The van der Waals surface area contributed by atoms with Crippen LogP contribution in [0.3, 0.4) is 0 Å². The molecule has 2 aromatic carbocycles. The van der Waals surface area contributed by atoms with Crippen LogP contribution in [0.4, 0.5) is 0 Å². The summed E-state index contributed by atoms with van der Waals surface area (Å²) < 4.78 is 16.4. The van der Waals surface area contributed by atoms with E-state index in [1.54, 1.807) is 18.2 Å². The third-order valence-electron chi connectivity index (χ3n) is 3.94. The van der Waals surface area contributed by atoms with E-state index in [2.05, 4.69) is 0 Å². The summed E-state index contributed by atoms with van der Waals surface area (Å²) in [5.74, 6) is 0.920. The Balaban J connectivity index is 1.93. The van der Waals surface area contributed by atoms with Crippen LogP contribution in [-0.2, 0) is 6.61 Å². The molecule has 5 heteroatoms. The summed E-state index contributed by atoms with van der Waals surface area (Å²) in [7, 11) is 1.52. The molecular weight excluding hydrogens is 320 g/mol. The maximum Gasteiger partial charge on any atom is 0.336 e. The normalized spacial score (nSPS) is 10.7. The molecule has 25 heavy (non-hydrogen) atoms. The number of ketones is 1. The summed E-state index contributed by atoms with van der Waals surface area (Å²) in [5, 5.41) is 0.824. The van der Waals surface area contributed by atoms with Gasteiger partial charge in [0.25, 0.3) is 0 Å². The van der Waals surface area contributed by atoms with Crippen LogP contribution in [-0.4, -0.2) is 12.9 Å². The Labute approximate surface area is 144 Å². The van der Waals surface area contributed by atoms with Crippen molar-refractivity contribution in [2.24, 2.45) is 0 Å². The topological polar surface area (TPSA) is 65.7 Å². The quantitative estimate of drug-likeness (QED) is 0.521. The molecule has 0 unspecified atom stereocenters. The zero-order valence-electron chi connectivity index (χ0n) is 14.3. The molecule has 0 N–H and O–H groups in total. The van der Waals surface area contributed by atoms with Crippen molar-refractivity contribution in [3.63, 3.8) is 0 Å². The lowest BCUT2D eigenvalue weighted by Gasteiger charge is -2.12. The number of Topliss-reactive ketones (excluding diaryl/α,β-unsaturated/α-hetero) is 1. The first-order chi connectivity index (χ1) is 12.0. The van der Waals surface area contributed by atoms with E-state index >= 15 is 0 Å². The summed E-state index contributed by atoms with van der Waals surface area (Å²) in [6.07, 6.45) is 0. The minimum Gasteiger partial charge on any atom is -0.493 e. The van der Waals surface area contributed by atoms with Gasteiger partial charge in [-0.1, -0.05) is 12.1 Å². The Kier molecular flexibility index (Phi) is 4.57. The highest BCUT2D eigenvalue weighted by molar-refractivity contribution is 5.94. The van der Waals surface area contributed by atoms with Gasteiger partial charge in [-0.05, 0) is 43.7 Å². The number of hydrogen-bond acceptors (Lipinski definition) is 5. The van der Waals surface area contributed by atoms with E-state index in [0.29, 0.717) is 22.6 Å². The molecule has 5 nitrogen and oxygen atoms in total. The van der Waals surface area contributed by atoms with Gasteiger partial charge in [0.15, 0.2) is 17.3 Å². The van der Waals surface area contributed by atoms with Crippen LogP contribution in [0, 0.1) is 6.92 Å². The molecule has 0 fully saturated rings. The van der Waals surface area contributed by atoms with Crippen LogP contribution in [0.15, 0.2) is 51.7 Å². The van der Waals surface area contributed by atoms with Crippen LogP contribution in [0.1, 0.15) is 28.4 Å². The van der Waals surface area contributed by atoms with Gasteiger partial charge in [-0.3, -0.25) is 4.79 Å². The first-order valence-electron chi connectivity index (χ1n) is 7.83. The summed E-state index contributed by atoms with van der Waals surface area (Å²) in [6.45, 7) is 3.61. The van der Waals surface area contributed by atoms with Gasteiger partial charge in [-0.2, -0.15) is 0 Å². The largest absolute Gasteiger partial charge is 0.493 e. The van der Waals surface area contributed by atoms with E-state index < -0.39 is 5.63 Å². The second-order valence-electron chi connectivity index (χ2n) is 5.80. The predicted octanol–water partition coefficient (Wildman–Crippen LogP) is 3.89. The molecule has 1 aromatic heterocycles. The number of hydrogen-bond donors (Lipinski definition) is 0. The Morgan fingerprint density at radius 3 is 2.60 bits per heavy atom. The van der Waals surface area contributed by atoms with Crippen molar-refractivity contribution in [1.29, 1.82) is 0 Å². The summed E-state index contributed by atoms with van der Waals surface area (Å²) in [4.78, 5) is 23.3. The third-order valence-corrected chi connectivity index (χ3v) is 3.94. The fourth-order valence-corrected chi connectivity index (χ4v) is 2.62. The maximum absolute atomic E-state index is 11.8. The average Bonchev–Trinajstić information content (AvgIpc) is 2.58. The number of carbonyl (C=O) groups is 1. The van der Waals surface area contributed by atoms with Crippen molar-refractivity contribution in [3.05, 3.63) is 69.6 Å². The highest BCUT2D eigenvalue weighted by Gasteiger charge is 2.11. The molecule has 3 aromatic rings. The van der Waals surface area contributed by atoms with Crippen molar-refractivity contribution in [3.8, 4) is 11.5 Å². The average molecular weight is 338 g/mol. The van der Waals surface area contributed by atoms with Crippen LogP contribution in [0.25, 0.3) is 11.0 Å².